The first-order chi connectivity index (χ1) is 13.0. The molecule has 0 unspecified atom stereocenters. The molecule has 0 aliphatic carbocycles. The Balaban J connectivity index is 1.52. The summed E-state index contributed by atoms with van der Waals surface area (Å²) in [5.74, 6) is -0.113. The molecule has 2 rings (SSSR count). The largest absolute Gasteiger partial charge is 0.494 e. The SMILES string of the molecule is N=C(NCCCCCCOc1ccc(Cl)cc1)Nc1cncc(C(=O)O)c1. The van der Waals surface area contributed by atoms with Gasteiger partial charge in [-0.2, -0.15) is 0 Å². The topological polar surface area (TPSA) is 107 Å². The molecule has 0 amide bonds. The predicted molar refractivity (Wildman–Crippen MR) is 106 cm³/mol. The van der Waals surface area contributed by atoms with Crippen molar-refractivity contribution < 1.29 is 14.6 Å². The highest BCUT2D eigenvalue weighted by atomic mass is 35.5. The molecule has 144 valence electrons. The molecule has 0 radical (unpaired) electrons. The number of carboxylic acid groups (broad SMARTS) is 1. The van der Waals surface area contributed by atoms with Gasteiger partial charge >= 0.3 is 5.97 Å². The number of anilines is 1. The molecular weight excluding hydrogens is 368 g/mol. The normalized spacial score (nSPS) is 10.3. The molecular formula is C19H23ClN4O3. The Labute approximate surface area is 163 Å². The van der Waals surface area contributed by atoms with Gasteiger partial charge in [0, 0.05) is 17.8 Å². The molecule has 4 N–H and O–H groups in total. The van der Waals surface area contributed by atoms with Crippen LogP contribution in [0.4, 0.5) is 5.69 Å². The van der Waals surface area contributed by atoms with Crippen molar-refractivity contribution in [3.8, 4) is 5.75 Å². The maximum Gasteiger partial charge on any atom is 0.337 e. The maximum absolute atomic E-state index is 10.9. The van der Waals surface area contributed by atoms with Crippen LogP contribution >= 0.6 is 11.6 Å². The Hall–Kier alpha value is -2.80. The number of guanidine groups is 1. The van der Waals surface area contributed by atoms with Crippen LogP contribution in [-0.4, -0.2) is 35.2 Å². The van der Waals surface area contributed by atoms with Gasteiger partial charge < -0.3 is 20.5 Å². The lowest BCUT2D eigenvalue weighted by Gasteiger charge is -2.10. The molecule has 7 nitrogen and oxygen atoms in total. The first kappa shape index (κ1) is 20.5. The maximum atomic E-state index is 10.9. The first-order valence-corrected chi connectivity index (χ1v) is 9.08. The number of carbonyl (C=O) groups is 1. The van der Waals surface area contributed by atoms with E-state index in [4.69, 9.17) is 26.9 Å². The van der Waals surface area contributed by atoms with Crippen LogP contribution in [0.3, 0.4) is 0 Å². The summed E-state index contributed by atoms with van der Waals surface area (Å²) in [6.07, 6.45) is 6.70. The summed E-state index contributed by atoms with van der Waals surface area (Å²) in [5, 5.41) is 23.2. The number of halogens is 1. The number of nitrogens with zero attached hydrogens (tertiary/aromatic N) is 1. The number of aromatic carboxylic acids is 1. The molecule has 0 aliphatic rings. The van der Waals surface area contributed by atoms with E-state index in [2.05, 4.69) is 15.6 Å². The molecule has 2 aromatic rings. The summed E-state index contributed by atoms with van der Waals surface area (Å²) >= 11 is 5.82. The second-order valence-corrected chi connectivity index (χ2v) is 6.35. The van der Waals surface area contributed by atoms with Crippen LogP contribution in [0.25, 0.3) is 0 Å². The van der Waals surface area contributed by atoms with Gasteiger partial charge in [-0.15, -0.1) is 0 Å². The van der Waals surface area contributed by atoms with Crippen molar-refractivity contribution in [1.29, 1.82) is 5.41 Å². The van der Waals surface area contributed by atoms with E-state index >= 15 is 0 Å². The number of benzene rings is 1. The fourth-order valence-corrected chi connectivity index (χ4v) is 2.45. The minimum absolute atomic E-state index is 0.0774. The smallest absolute Gasteiger partial charge is 0.337 e. The Morgan fingerprint density at radius 3 is 2.63 bits per heavy atom. The average Bonchev–Trinajstić information content (AvgIpc) is 2.65. The molecule has 0 saturated carbocycles. The molecule has 0 aliphatic heterocycles. The van der Waals surface area contributed by atoms with Crippen LogP contribution in [-0.2, 0) is 0 Å². The highest BCUT2D eigenvalue weighted by Crippen LogP contribution is 2.16. The third-order valence-corrected chi connectivity index (χ3v) is 3.96. The Bertz CT molecular complexity index is 753. The van der Waals surface area contributed by atoms with Crippen LogP contribution in [0, 0.1) is 5.41 Å². The van der Waals surface area contributed by atoms with Gasteiger partial charge in [0.1, 0.15) is 5.75 Å². The number of unbranched alkanes of at least 4 members (excludes halogenated alkanes) is 3. The number of hydrogen-bond acceptors (Lipinski definition) is 4. The van der Waals surface area contributed by atoms with Crippen molar-refractivity contribution in [1.82, 2.24) is 10.3 Å². The van der Waals surface area contributed by atoms with Gasteiger partial charge in [-0.3, -0.25) is 10.4 Å². The minimum atomic E-state index is -1.05. The van der Waals surface area contributed by atoms with Gasteiger partial charge in [-0.1, -0.05) is 24.4 Å². The molecule has 1 heterocycles. The Kier molecular flexibility index (Phi) is 8.38. The molecule has 1 aromatic carbocycles. The zero-order valence-corrected chi connectivity index (χ0v) is 15.6. The Morgan fingerprint density at radius 1 is 1.15 bits per heavy atom. The third-order valence-electron chi connectivity index (χ3n) is 3.71. The summed E-state index contributed by atoms with van der Waals surface area (Å²) in [4.78, 5) is 14.7. The number of hydrogen-bond donors (Lipinski definition) is 4. The third kappa shape index (κ3) is 7.96. The second-order valence-electron chi connectivity index (χ2n) is 5.91. The Morgan fingerprint density at radius 2 is 1.89 bits per heavy atom. The fourth-order valence-electron chi connectivity index (χ4n) is 2.33. The number of nitrogens with one attached hydrogen (secondary N) is 3. The highest BCUT2D eigenvalue weighted by molar-refractivity contribution is 6.30. The number of aromatic nitrogens is 1. The van der Waals surface area contributed by atoms with E-state index in [9.17, 15) is 4.79 Å². The van der Waals surface area contributed by atoms with Crippen molar-refractivity contribution in [2.45, 2.75) is 25.7 Å². The fraction of sp³-hybridized carbons (Fsp3) is 0.316. The summed E-state index contributed by atoms with van der Waals surface area (Å²) in [5.41, 5.74) is 0.542. The van der Waals surface area contributed by atoms with E-state index in [1.54, 1.807) is 12.1 Å². The van der Waals surface area contributed by atoms with Gasteiger partial charge in [-0.25, -0.2) is 4.79 Å². The van der Waals surface area contributed by atoms with Gasteiger partial charge in [0.2, 0.25) is 0 Å². The molecule has 8 heteroatoms. The quantitative estimate of drug-likeness (QED) is 0.277. The van der Waals surface area contributed by atoms with Crippen molar-refractivity contribution in [3.63, 3.8) is 0 Å². The standard InChI is InChI=1S/C19H23ClN4O3/c20-15-5-7-17(8-6-15)27-10-4-2-1-3-9-23-19(21)24-16-11-14(18(25)26)12-22-13-16/h5-8,11-13H,1-4,9-10H2,(H,25,26)(H3,21,23,24). The van der Waals surface area contributed by atoms with Crippen LogP contribution in [0.15, 0.2) is 42.7 Å². The molecule has 27 heavy (non-hydrogen) atoms. The summed E-state index contributed by atoms with van der Waals surface area (Å²) < 4.78 is 5.63. The van der Waals surface area contributed by atoms with E-state index in [-0.39, 0.29) is 11.5 Å². The summed E-state index contributed by atoms with van der Waals surface area (Å²) in [7, 11) is 0. The van der Waals surface area contributed by atoms with Crippen molar-refractivity contribution in [2.75, 3.05) is 18.5 Å². The van der Waals surface area contributed by atoms with Crippen LogP contribution < -0.4 is 15.4 Å². The molecule has 0 bridgehead atoms. The van der Waals surface area contributed by atoms with Crippen LogP contribution in [0.5, 0.6) is 5.75 Å². The highest BCUT2D eigenvalue weighted by Gasteiger charge is 2.05. The predicted octanol–water partition coefficient (Wildman–Crippen LogP) is 4.01. The molecule has 0 saturated heterocycles. The zero-order chi connectivity index (χ0) is 19.5. The van der Waals surface area contributed by atoms with E-state index in [0.29, 0.717) is 23.9 Å². The van der Waals surface area contributed by atoms with Crippen molar-refractivity contribution in [2.24, 2.45) is 0 Å². The van der Waals surface area contributed by atoms with Gasteiger partial charge in [0.05, 0.1) is 24.1 Å². The van der Waals surface area contributed by atoms with E-state index in [0.717, 1.165) is 31.4 Å². The molecule has 0 spiro atoms. The number of ether oxygens (including phenoxy) is 1. The zero-order valence-electron chi connectivity index (χ0n) is 14.9. The van der Waals surface area contributed by atoms with Gasteiger partial charge in [-0.05, 0) is 43.2 Å². The van der Waals surface area contributed by atoms with Gasteiger partial charge in [0.25, 0.3) is 0 Å². The van der Waals surface area contributed by atoms with E-state index in [1.807, 2.05) is 12.1 Å². The second kappa shape index (κ2) is 11.0. The minimum Gasteiger partial charge on any atom is -0.494 e. The van der Waals surface area contributed by atoms with Crippen LogP contribution in [0.2, 0.25) is 5.02 Å². The monoisotopic (exact) mass is 390 g/mol. The van der Waals surface area contributed by atoms with Gasteiger partial charge in [0.15, 0.2) is 5.96 Å². The summed E-state index contributed by atoms with van der Waals surface area (Å²) in [6, 6.07) is 8.75. The number of pyridine rings is 1. The van der Waals surface area contributed by atoms with Crippen LogP contribution in [0.1, 0.15) is 36.0 Å². The molecule has 1 aromatic heterocycles. The first-order valence-electron chi connectivity index (χ1n) is 8.71. The molecule has 0 fully saturated rings. The number of rotatable bonds is 10. The molecule has 0 atom stereocenters. The van der Waals surface area contributed by atoms with E-state index < -0.39 is 5.97 Å². The van der Waals surface area contributed by atoms with Crippen molar-refractivity contribution in [3.05, 3.63) is 53.3 Å². The lowest BCUT2D eigenvalue weighted by Crippen LogP contribution is -2.30. The number of carboxylic acids is 1. The average molecular weight is 391 g/mol. The summed E-state index contributed by atoms with van der Waals surface area (Å²) in [6.45, 7) is 1.33. The van der Waals surface area contributed by atoms with E-state index in [1.165, 1.54) is 18.5 Å². The lowest BCUT2D eigenvalue weighted by atomic mass is 10.2. The van der Waals surface area contributed by atoms with Crippen molar-refractivity contribution >= 4 is 29.2 Å². The lowest BCUT2D eigenvalue weighted by molar-refractivity contribution is 0.0696.